The lowest BCUT2D eigenvalue weighted by Gasteiger charge is -2.25. The molecule has 13 heavy (non-hydrogen) atoms. The van der Waals surface area contributed by atoms with Crippen LogP contribution in [0.5, 0.6) is 0 Å². The van der Waals surface area contributed by atoms with Gasteiger partial charge in [0.05, 0.1) is 0 Å². The second-order valence-corrected chi connectivity index (χ2v) is 3.58. The predicted molar refractivity (Wildman–Crippen MR) is 62.9 cm³/mol. The molecule has 0 aliphatic rings. The minimum atomic E-state index is 0.734. The van der Waals surface area contributed by atoms with Gasteiger partial charge in [-0.05, 0) is 19.3 Å². The van der Waals surface area contributed by atoms with Gasteiger partial charge >= 0.3 is 0 Å². The van der Waals surface area contributed by atoms with Gasteiger partial charge in [0.25, 0.3) is 0 Å². The van der Waals surface area contributed by atoms with Gasteiger partial charge in [0.1, 0.15) is 0 Å². The molecule has 1 nitrogen and oxygen atoms in total. The summed E-state index contributed by atoms with van der Waals surface area (Å²) in [5.41, 5.74) is 1.19. The van der Waals surface area contributed by atoms with Crippen LogP contribution in [0, 0.1) is 5.92 Å². The van der Waals surface area contributed by atoms with Gasteiger partial charge in [0, 0.05) is 18.8 Å². The Morgan fingerprint density at radius 1 is 1.31 bits per heavy atom. The Hall–Kier alpha value is -0.460. The highest BCUT2D eigenvalue weighted by Crippen LogP contribution is 2.05. The Labute approximate surface area is 84.8 Å². The fourth-order valence-corrected chi connectivity index (χ4v) is 1.15. The Bertz CT molecular complexity index is 116. The van der Waals surface area contributed by atoms with Crippen LogP contribution in [0.25, 0.3) is 0 Å². The zero-order valence-electron chi connectivity index (χ0n) is 10.4. The molecular formula is C12H27N. The monoisotopic (exact) mass is 185 g/mol. The Morgan fingerprint density at radius 2 is 1.77 bits per heavy atom. The molecule has 0 N–H and O–H groups in total. The van der Waals surface area contributed by atoms with Crippen molar-refractivity contribution in [1.82, 2.24) is 4.90 Å². The van der Waals surface area contributed by atoms with Crippen molar-refractivity contribution >= 4 is 0 Å². The summed E-state index contributed by atoms with van der Waals surface area (Å²) in [5, 5.41) is 0. The molecule has 0 atom stereocenters. The van der Waals surface area contributed by atoms with E-state index in [0.717, 1.165) is 19.0 Å². The van der Waals surface area contributed by atoms with Gasteiger partial charge < -0.3 is 4.90 Å². The number of hydrogen-bond donors (Lipinski definition) is 0. The SMILES string of the molecule is C=C(C)N(CCC)CC(C)C.CC. The van der Waals surface area contributed by atoms with E-state index in [-0.39, 0.29) is 0 Å². The second-order valence-electron chi connectivity index (χ2n) is 3.58. The highest BCUT2D eigenvalue weighted by Gasteiger charge is 2.03. The van der Waals surface area contributed by atoms with Gasteiger partial charge in [-0.15, -0.1) is 0 Å². The van der Waals surface area contributed by atoms with Crippen LogP contribution in [-0.4, -0.2) is 18.0 Å². The molecule has 0 unspecified atom stereocenters. The smallest absolute Gasteiger partial charge is 0.0197 e. The number of rotatable bonds is 5. The van der Waals surface area contributed by atoms with Crippen LogP contribution in [0.15, 0.2) is 12.3 Å². The molecule has 0 heterocycles. The minimum absolute atomic E-state index is 0.734. The first kappa shape index (κ1) is 15.0. The van der Waals surface area contributed by atoms with E-state index in [1.54, 1.807) is 0 Å². The summed E-state index contributed by atoms with van der Waals surface area (Å²) >= 11 is 0. The minimum Gasteiger partial charge on any atom is -0.375 e. The molecule has 0 radical (unpaired) electrons. The molecule has 0 rings (SSSR count). The Kier molecular flexibility index (Phi) is 11.1. The normalized spacial score (nSPS) is 9.15. The molecular weight excluding hydrogens is 158 g/mol. The van der Waals surface area contributed by atoms with E-state index in [2.05, 4.69) is 39.2 Å². The lowest BCUT2D eigenvalue weighted by molar-refractivity contribution is 0.306. The highest BCUT2D eigenvalue weighted by atomic mass is 15.1. The maximum Gasteiger partial charge on any atom is 0.0197 e. The van der Waals surface area contributed by atoms with Gasteiger partial charge in [-0.2, -0.15) is 0 Å². The van der Waals surface area contributed by atoms with Crippen LogP contribution in [0.1, 0.15) is 48.0 Å². The molecule has 0 aromatic rings. The molecule has 0 aromatic carbocycles. The van der Waals surface area contributed by atoms with E-state index in [1.807, 2.05) is 13.8 Å². The summed E-state index contributed by atoms with van der Waals surface area (Å²) in [6, 6.07) is 0. The summed E-state index contributed by atoms with van der Waals surface area (Å²) < 4.78 is 0. The molecule has 0 aliphatic carbocycles. The topological polar surface area (TPSA) is 3.24 Å². The van der Waals surface area contributed by atoms with E-state index < -0.39 is 0 Å². The quantitative estimate of drug-likeness (QED) is 0.627. The van der Waals surface area contributed by atoms with Gasteiger partial charge in [-0.1, -0.05) is 41.2 Å². The first-order valence-corrected chi connectivity index (χ1v) is 5.48. The summed E-state index contributed by atoms with van der Waals surface area (Å²) in [6.07, 6.45) is 1.21. The molecule has 0 amide bonds. The van der Waals surface area contributed by atoms with E-state index in [0.29, 0.717) is 0 Å². The van der Waals surface area contributed by atoms with E-state index >= 15 is 0 Å². The first-order valence-electron chi connectivity index (χ1n) is 5.48. The Morgan fingerprint density at radius 3 is 2.00 bits per heavy atom. The van der Waals surface area contributed by atoms with Crippen molar-refractivity contribution in [2.75, 3.05) is 13.1 Å². The van der Waals surface area contributed by atoms with Crippen LogP contribution in [0.4, 0.5) is 0 Å². The fourth-order valence-electron chi connectivity index (χ4n) is 1.15. The fraction of sp³-hybridized carbons (Fsp3) is 0.833. The highest BCUT2D eigenvalue weighted by molar-refractivity contribution is 4.88. The van der Waals surface area contributed by atoms with Gasteiger partial charge in [-0.3, -0.25) is 0 Å². The van der Waals surface area contributed by atoms with Crippen molar-refractivity contribution in [3.63, 3.8) is 0 Å². The average Bonchev–Trinajstić information content (AvgIpc) is 2.06. The third-order valence-electron chi connectivity index (χ3n) is 1.62. The van der Waals surface area contributed by atoms with Crippen LogP contribution in [-0.2, 0) is 0 Å². The zero-order valence-corrected chi connectivity index (χ0v) is 10.4. The van der Waals surface area contributed by atoms with Crippen LogP contribution < -0.4 is 0 Å². The molecule has 0 aromatic heterocycles. The summed E-state index contributed by atoms with van der Waals surface area (Å²) in [4.78, 5) is 2.35. The van der Waals surface area contributed by atoms with Crippen LogP contribution in [0.2, 0.25) is 0 Å². The zero-order chi connectivity index (χ0) is 10.9. The lowest BCUT2D eigenvalue weighted by Crippen LogP contribution is -2.26. The number of nitrogens with zero attached hydrogens (tertiary/aromatic N) is 1. The molecule has 0 fully saturated rings. The van der Waals surface area contributed by atoms with Gasteiger partial charge in [0.15, 0.2) is 0 Å². The second kappa shape index (κ2) is 9.63. The third-order valence-corrected chi connectivity index (χ3v) is 1.62. The largest absolute Gasteiger partial charge is 0.375 e. The standard InChI is InChI=1S/C10H21N.C2H6/c1-6-7-11(10(4)5)8-9(2)3;1-2/h9H,4,6-8H2,1-3,5H3;1-2H3. The third kappa shape index (κ3) is 9.45. The maximum absolute atomic E-state index is 3.95. The van der Waals surface area contributed by atoms with Crippen molar-refractivity contribution in [1.29, 1.82) is 0 Å². The van der Waals surface area contributed by atoms with E-state index in [9.17, 15) is 0 Å². The summed E-state index contributed by atoms with van der Waals surface area (Å²) in [5.74, 6) is 0.734. The molecule has 80 valence electrons. The van der Waals surface area contributed by atoms with Crippen LogP contribution >= 0.6 is 0 Å². The summed E-state index contributed by atoms with van der Waals surface area (Å²) in [7, 11) is 0. The van der Waals surface area contributed by atoms with Crippen molar-refractivity contribution in [2.24, 2.45) is 5.92 Å². The Balaban J connectivity index is 0. The number of hydrogen-bond acceptors (Lipinski definition) is 1. The van der Waals surface area contributed by atoms with Crippen molar-refractivity contribution in [2.45, 2.75) is 48.0 Å². The van der Waals surface area contributed by atoms with Crippen molar-refractivity contribution in [3.05, 3.63) is 12.3 Å². The van der Waals surface area contributed by atoms with Gasteiger partial charge in [0.2, 0.25) is 0 Å². The number of allylic oxidation sites excluding steroid dienone is 1. The average molecular weight is 185 g/mol. The van der Waals surface area contributed by atoms with Gasteiger partial charge in [-0.25, -0.2) is 0 Å². The van der Waals surface area contributed by atoms with E-state index in [4.69, 9.17) is 0 Å². The predicted octanol–water partition coefficient (Wildman–Crippen LogP) is 3.91. The first-order chi connectivity index (χ1) is 6.07. The lowest BCUT2D eigenvalue weighted by atomic mass is 10.2. The maximum atomic E-state index is 3.95. The van der Waals surface area contributed by atoms with Crippen LogP contribution in [0.3, 0.4) is 0 Å². The van der Waals surface area contributed by atoms with Crippen molar-refractivity contribution in [3.8, 4) is 0 Å². The van der Waals surface area contributed by atoms with E-state index in [1.165, 1.54) is 12.1 Å². The molecule has 1 heteroatoms. The molecule has 0 spiro atoms. The molecule has 0 saturated heterocycles. The van der Waals surface area contributed by atoms with Crippen molar-refractivity contribution < 1.29 is 0 Å². The molecule has 0 saturated carbocycles. The molecule has 0 bridgehead atoms. The molecule has 0 aliphatic heterocycles. The summed E-state index contributed by atoms with van der Waals surface area (Å²) in [6.45, 7) is 19.0.